The molecule has 0 spiro atoms. The first-order valence-corrected chi connectivity index (χ1v) is 12.4. The molecule has 8 nitrogen and oxygen atoms in total. The fourth-order valence-corrected chi connectivity index (χ4v) is 5.28. The largest absolute Gasteiger partial charge is 0.494 e. The summed E-state index contributed by atoms with van der Waals surface area (Å²) < 4.78 is 24.2. The number of benzene rings is 2. The van der Waals surface area contributed by atoms with Crippen LogP contribution in [0.15, 0.2) is 63.5 Å². The summed E-state index contributed by atoms with van der Waals surface area (Å²) in [6.07, 6.45) is 1.75. The molecule has 0 aliphatic carbocycles. The number of ether oxygens (including phenoxy) is 4. The first-order valence-electron chi connectivity index (χ1n) is 11.6. The molecule has 1 aliphatic rings. The lowest BCUT2D eigenvalue weighted by atomic mass is 9.95. The minimum atomic E-state index is -0.752. The van der Waals surface area contributed by atoms with E-state index in [0.29, 0.717) is 55.6 Å². The quantitative estimate of drug-likeness (QED) is 0.434. The lowest BCUT2D eigenvalue weighted by Gasteiger charge is -2.26. The summed E-state index contributed by atoms with van der Waals surface area (Å²) in [4.78, 5) is 32.1. The molecule has 0 radical (unpaired) electrons. The topological polar surface area (TPSA) is 88.4 Å². The summed E-state index contributed by atoms with van der Waals surface area (Å²) in [5.74, 6) is 1.15. The molecule has 0 amide bonds. The molecular formula is C27H28N2O6S. The van der Waals surface area contributed by atoms with Crippen LogP contribution in [0.25, 0.3) is 6.08 Å². The van der Waals surface area contributed by atoms with Crippen LogP contribution in [-0.4, -0.2) is 38.0 Å². The Labute approximate surface area is 212 Å². The maximum Gasteiger partial charge on any atom is 0.338 e. The van der Waals surface area contributed by atoms with Crippen molar-refractivity contribution in [3.63, 3.8) is 0 Å². The lowest BCUT2D eigenvalue weighted by molar-refractivity contribution is -0.139. The Bertz CT molecular complexity index is 1500. The van der Waals surface area contributed by atoms with Crippen molar-refractivity contribution in [1.29, 1.82) is 0 Å². The number of aromatic nitrogens is 1. The standard InChI is InChI=1S/C27H28N2O6S/c1-6-34-19-13-9-8-12-18(19)23-22(26(31)35-7-2)16(3)28-27-29(23)25(30)21(36-27)15-17-11-10-14-20(32-4)24(17)33-5/h8-15,23H,6-7H2,1-5H3/b21-15-/t23-/m1/s1. The molecule has 36 heavy (non-hydrogen) atoms. The molecule has 0 bridgehead atoms. The van der Waals surface area contributed by atoms with E-state index in [4.69, 9.17) is 18.9 Å². The zero-order valence-electron chi connectivity index (χ0n) is 20.9. The van der Waals surface area contributed by atoms with Gasteiger partial charge in [0.05, 0.1) is 43.2 Å². The Hall–Kier alpha value is -3.85. The van der Waals surface area contributed by atoms with Crippen molar-refractivity contribution in [2.24, 2.45) is 4.99 Å². The average Bonchev–Trinajstić information content (AvgIpc) is 3.18. The van der Waals surface area contributed by atoms with Crippen molar-refractivity contribution in [2.75, 3.05) is 27.4 Å². The number of fused-ring (bicyclic) bond motifs is 1. The third-order valence-electron chi connectivity index (χ3n) is 5.75. The van der Waals surface area contributed by atoms with Gasteiger partial charge >= 0.3 is 5.97 Å². The van der Waals surface area contributed by atoms with E-state index in [0.717, 1.165) is 0 Å². The zero-order valence-corrected chi connectivity index (χ0v) is 21.7. The maximum absolute atomic E-state index is 13.9. The summed E-state index contributed by atoms with van der Waals surface area (Å²) in [6, 6.07) is 12.1. The van der Waals surface area contributed by atoms with Crippen LogP contribution in [0.2, 0.25) is 0 Å². The predicted molar refractivity (Wildman–Crippen MR) is 138 cm³/mol. The third kappa shape index (κ3) is 4.54. The fraction of sp³-hybridized carbons (Fsp3) is 0.296. The molecule has 9 heteroatoms. The Morgan fingerprint density at radius 2 is 1.81 bits per heavy atom. The van der Waals surface area contributed by atoms with Crippen LogP contribution in [0.5, 0.6) is 17.2 Å². The Balaban J connectivity index is 2.00. The molecule has 188 valence electrons. The van der Waals surface area contributed by atoms with Crippen LogP contribution in [0.4, 0.5) is 0 Å². The summed E-state index contributed by atoms with van der Waals surface area (Å²) in [5.41, 5.74) is 1.89. The van der Waals surface area contributed by atoms with Crippen molar-refractivity contribution in [3.05, 3.63) is 84.5 Å². The van der Waals surface area contributed by atoms with Gasteiger partial charge in [0.1, 0.15) is 11.8 Å². The van der Waals surface area contributed by atoms with E-state index in [1.807, 2.05) is 43.3 Å². The van der Waals surface area contributed by atoms with E-state index in [2.05, 4.69) is 4.99 Å². The minimum absolute atomic E-state index is 0.204. The molecule has 2 heterocycles. The van der Waals surface area contributed by atoms with Gasteiger partial charge in [-0.2, -0.15) is 0 Å². The maximum atomic E-state index is 13.9. The molecular weight excluding hydrogens is 480 g/mol. The number of carbonyl (C=O) groups excluding carboxylic acids is 1. The number of carbonyl (C=O) groups is 1. The van der Waals surface area contributed by atoms with Crippen molar-refractivity contribution in [3.8, 4) is 17.2 Å². The van der Waals surface area contributed by atoms with Gasteiger partial charge in [-0.1, -0.05) is 41.7 Å². The summed E-state index contributed by atoms with van der Waals surface area (Å²) >= 11 is 1.24. The van der Waals surface area contributed by atoms with Crippen LogP contribution in [0.1, 0.15) is 37.9 Å². The van der Waals surface area contributed by atoms with E-state index in [9.17, 15) is 9.59 Å². The first kappa shape index (κ1) is 25.2. The monoisotopic (exact) mass is 508 g/mol. The van der Waals surface area contributed by atoms with E-state index in [-0.39, 0.29) is 12.2 Å². The Morgan fingerprint density at radius 3 is 2.50 bits per heavy atom. The highest BCUT2D eigenvalue weighted by atomic mass is 32.1. The first-order chi connectivity index (χ1) is 17.4. The second kappa shape index (κ2) is 10.8. The molecule has 3 aromatic rings. The van der Waals surface area contributed by atoms with Gasteiger partial charge in [0.2, 0.25) is 0 Å². The van der Waals surface area contributed by atoms with Crippen LogP contribution in [0.3, 0.4) is 0 Å². The Kier molecular flexibility index (Phi) is 7.59. The second-order valence-corrected chi connectivity index (χ2v) is 8.86. The SMILES string of the molecule is CCOC(=O)C1=C(C)N=c2s/c(=C\c3cccc(OC)c3OC)c(=O)n2[C@@H]1c1ccccc1OCC. The van der Waals surface area contributed by atoms with E-state index < -0.39 is 12.0 Å². The van der Waals surface area contributed by atoms with Crippen molar-refractivity contribution in [1.82, 2.24) is 4.57 Å². The highest BCUT2D eigenvalue weighted by Gasteiger charge is 2.35. The summed E-state index contributed by atoms with van der Waals surface area (Å²) in [6.45, 7) is 6.02. The van der Waals surface area contributed by atoms with Gasteiger partial charge in [0.15, 0.2) is 16.3 Å². The minimum Gasteiger partial charge on any atom is -0.494 e. The number of allylic oxidation sites excluding steroid dienone is 1. The molecule has 4 rings (SSSR count). The van der Waals surface area contributed by atoms with Gasteiger partial charge in [-0.25, -0.2) is 9.79 Å². The number of hydrogen-bond donors (Lipinski definition) is 0. The van der Waals surface area contributed by atoms with E-state index >= 15 is 0 Å². The summed E-state index contributed by atoms with van der Waals surface area (Å²) in [7, 11) is 3.11. The lowest BCUT2D eigenvalue weighted by Crippen LogP contribution is -2.40. The average molecular weight is 509 g/mol. The van der Waals surface area contributed by atoms with Crippen molar-refractivity contribution >= 4 is 23.4 Å². The number of methoxy groups -OCH3 is 2. The normalized spacial score (nSPS) is 15.2. The molecule has 0 saturated heterocycles. The van der Waals surface area contributed by atoms with Gasteiger partial charge in [-0.05, 0) is 39.0 Å². The van der Waals surface area contributed by atoms with Crippen LogP contribution >= 0.6 is 11.3 Å². The third-order valence-corrected chi connectivity index (χ3v) is 6.73. The van der Waals surface area contributed by atoms with Gasteiger partial charge in [-0.15, -0.1) is 0 Å². The number of nitrogens with zero attached hydrogens (tertiary/aromatic N) is 2. The molecule has 1 atom stereocenters. The number of esters is 1. The Morgan fingerprint density at radius 1 is 1.06 bits per heavy atom. The van der Waals surface area contributed by atoms with Crippen molar-refractivity contribution < 1.29 is 23.7 Å². The molecule has 0 fully saturated rings. The van der Waals surface area contributed by atoms with Gasteiger partial charge < -0.3 is 18.9 Å². The number of para-hydroxylation sites is 2. The smallest absolute Gasteiger partial charge is 0.338 e. The van der Waals surface area contributed by atoms with Crippen LogP contribution < -0.4 is 29.1 Å². The highest BCUT2D eigenvalue weighted by molar-refractivity contribution is 7.07. The number of thiazole rings is 1. The van der Waals surface area contributed by atoms with Gasteiger partial charge in [0.25, 0.3) is 5.56 Å². The predicted octanol–water partition coefficient (Wildman–Crippen LogP) is 3.21. The van der Waals surface area contributed by atoms with E-state index in [1.165, 1.54) is 11.3 Å². The molecule has 2 aromatic carbocycles. The molecule has 0 saturated carbocycles. The van der Waals surface area contributed by atoms with Gasteiger partial charge in [0, 0.05) is 11.1 Å². The summed E-state index contributed by atoms with van der Waals surface area (Å²) in [5, 5.41) is 0. The van der Waals surface area contributed by atoms with E-state index in [1.54, 1.807) is 44.8 Å². The zero-order chi connectivity index (χ0) is 25.8. The fourth-order valence-electron chi connectivity index (χ4n) is 4.25. The van der Waals surface area contributed by atoms with Crippen LogP contribution in [-0.2, 0) is 9.53 Å². The second-order valence-electron chi connectivity index (χ2n) is 7.86. The highest BCUT2D eigenvalue weighted by Crippen LogP contribution is 2.36. The van der Waals surface area contributed by atoms with Crippen molar-refractivity contribution in [2.45, 2.75) is 26.8 Å². The number of rotatable bonds is 8. The molecule has 0 unspecified atom stereocenters. The molecule has 0 N–H and O–H groups in total. The number of hydrogen-bond acceptors (Lipinski definition) is 8. The molecule has 1 aliphatic heterocycles. The molecule has 1 aromatic heterocycles. The van der Waals surface area contributed by atoms with Gasteiger partial charge in [-0.3, -0.25) is 9.36 Å². The van der Waals surface area contributed by atoms with Crippen LogP contribution in [0, 0.1) is 0 Å².